The Morgan fingerprint density at radius 2 is 1.82 bits per heavy atom. The molecule has 1 fully saturated rings. The molecular weight excluding hydrogens is 140 g/mol. The largest absolute Gasteiger partial charge is 0.385 e. The van der Waals surface area contributed by atoms with Gasteiger partial charge in [-0.2, -0.15) is 0 Å². The van der Waals surface area contributed by atoms with Crippen molar-refractivity contribution in [1.29, 1.82) is 0 Å². The Labute approximate surface area is 65.5 Å². The van der Waals surface area contributed by atoms with Gasteiger partial charge in [-0.05, 0) is 18.9 Å². The first kappa shape index (κ1) is 7.04. The number of rotatable bonds is 1. The van der Waals surface area contributed by atoms with Crippen molar-refractivity contribution in [2.45, 2.75) is 37.7 Å². The summed E-state index contributed by atoms with van der Waals surface area (Å²) in [6, 6.07) is 1.56. The van der Waals surface area contributed by atoms with Gasteiger partial charge in [-0.3, -0.25) is 4.79 Å². The van der Waals surface area contributed by atoms with E-state index in [1.165, 1.54) is 6.42 Å². The second-order valence-electron chi connectivity index (χ2n) is 3.51. The minimum atomic E-state index is -0.727. The molecule has 2 nitrogen and oxygen atoms in total. The molecule has 0 bridgehead atoms. The average molecular weight is 152 g/mol. The molecule has 0 aliphatic heterocycles. The monoisotopic (exact) mass is 152 g/mol. The van der Waals surface area contributed by atoms with Gasteiger partial charge in [-0.15, -0.1) is 0 Å². The van der Waals surface area contributed by atoms with Crippen molar-refractivity contribution in [2.75, 3.05) is 0 Å². The van der Waals surface area contributed by atoms with Crippen molar-refractivity contribution in [3.8, 4) is 0 Å². The minimum Gasteiger partial charge on any atom is -0.385 e. The highest BCUT2D eigenvalue weighted by atomic mass is 16.3. The van der Waals surface area contributed by atoms with E-state index in [4.69, 9.17) is 0 Å². The van der Waals surface area contributed by atoms with Gasteiger partial charge in [0.25, 0.3) is 0 Å². The first-order chi connectivity index (χ1) is 5.22. The van der Waals surface area contributed by atoms with Gasteiger partial charge in [0.1, 0.15) is 0 Å². The Bertz CT molecular complexity index is 262. The molecule has 0 amide bonds. The molecule has 1 N–H and O–H groups in total. The van der Waals surface area contributed by atoms with Crippen molar-refractivity contribution in [2.24, 2.45) is 0 Å². The van der Waals surface area contributed by atoms with Crippen LogP contribution in [0.5, 0.6) is 0 Å². The lowest BCUT2D eigenvalue weighted by atomic mass is 9.83. The van der Waals surface area contributed by atoms with E-state index in [9.17, 15) is 9.90 Å². The fourth-order valence-corrected chi connectivity index (χ4v) is 1.86. The summed E-state index contributed by atoms with van der Waals surface area (Å²) < 4.78 is 0. The summed E-state index contributed by atoms with van der Waals surface area (Å²) in [5, 5.41) is 9.89. The summed E-state index contributed by atoms with van der Waals surface area (Å²) in [7, 11) is 0. The van der Waals surface area contributed by atoms with Crippen molar-refractivity contribution in [3.05, 3.63) is 21.9 Å². The summed E-state index contributed by atoms with van der Waals surface area (Å²) in [4.78, 5) is 10.7. The van der Waals surface area contributed by atoms with Crippen molar-refractivity contribution >= 4 is 0 Å². The van der Waals surface area contributed by atoms with Crippen molar-refractivity contribution in [1.82, 2.24) is 0 Å². The fraction of sp³-hybridized carbons (Fsp3) is 0.667. The van der Waals surface area contributed by atoms with Crippen LogP contribution in [0, 0.1) is 0 Å². The molecule has 0 atom stereocenters. The zero-order valence-electron chi connectivity index (χ0n) is 6.47. The molecule has 2 heteroatoms. The van der Waals surface area contributed by atoms with Crippen LogP contribution in [0.25, 0.3) is 0 Å². The molecule has 0 radical (unpaired) electrons. The molecule has 11 heavy (non-hydrogen) atoms. The van der Waals surface area contributed by atoms with E-state index < -0.39 is 5.60 Å². The second-order valence-corrected chi connectivity index (χ2v) is 3.51. The average Bonchev–Trinajstić information content (AvgIpc) is 2.69. The Balaban J connectivity index is 2.15. The van der Waals surface area contributed by atoms with Crippen molar-refractivity contribution in [3.63, 3.8) is 0 Å². The standard InChI is InChI=1S/C9H12O2/c10-8-6-7(8)9(11)4-2-1-3-5-9/h6,11H,1-5H2. The zero-order chi connectivity index (χ0) is 7.90. The van der Waals surface area contributed by atoms with Crippen molar-refractivity contribution < 1.29 is 5.11 Å². The number of hydrogen-bond donors (Lipinski definition) is 1. The maximum atomic E-state index is 10.7. The molecular formula is C9H12O2. The molecule has 1 aromatic carbocycles. The van der Waals surface area contributed by atoms with Gasteiger partial charge < -0.3 is 5.11 Å². The summed E-state index contributed by atoms with van der Waals surface area (Å²) in [5.74, 6) is 0. The summed E-state index contributed by atoms with van der Waals surface area (Å²) in [6.07, 6.45) is 4.88. The number of aliphatic hydroxyl groups is 1. The Kier molecular flexibility index (Phi) is 1.39. The van der Waals surface area contributed by atoms with Crippen LogP contribution < -0.4 is 5.43 Å². The van der Waals surface area contributed by atoms with Gasteiger partial charge >= 0.3 is 0 Å². The van der Waals surface area contributed by atoms with E-state index in [1.54, 1.807) is 6.07 Å². The highest BCUT2D eigenvalue weighted by Gasteiger charge is 2.36. The lowest BCUT2D eigenvalue weighted by Crippen LogP contribution is -2.27. The molecule has 2 rings (SSSR count). The van der Waals surface area contributed by atoms with Crippen LogP contribution in [0.3, 0.4) is 0 Å². The highest BCUT2D eigenvalue weighted by molar-refractivity contribution is 5.31. The molecule has 1 aliphatic rings. The third-order valence-corrected chi connectivity index (χ3v) is 2.64. The summed E-state index contributed by atoms with van der Waals surface area (Å²) >= 11 is 0. The number of hydrogen-bond acceptors (Lipinski definition) is 2. The van der Waals surface area contributed by atoms with Gasteiger partial charge in [0.15, 0.2) is 5.43 Å². The van der Waals surface area contributed by atoms with Gasteiger partial charge in [0.2, 0.25) is 0 Å². The summed E-state index contributed by atoms with van der Waals surface area (Å²) in [5.41, 5.74) is 0.0154. The highest BCUT2D eigenvalue weighted by Crippen LogP contribution is 2.36. The van der Waals surface area contributed by atoms with E-state index in [-0.39, 0.29) is 5.43 Å². The summed E-state index contributed by atoms with van der Waals surface area (Å²) in [6.45, 7) is 0. The SMILES string of the molecule is O=c1cc1C1(O)CCCCC1. The Morgan fingerprint density at radius 3 is 2.27 bits per heavy atom. The minimum absolute atomic E-state index is 0.0643. The molecule has 0 unspecified atom stereocenters. The quantitative estimate of drug-likeness (QED) is 0.653. The van der Waals surface area contributed by atoms with Gasteiger partial charge in [0, 0.05) is 5.56 Å². The molecule has 0 heterocycles. The molecule has 0 aromatic heterocycles. The second kappa shape index (κ2) is 2.18. The van der Waals surface area contributed by atoms with Crippen LogP contribution in [-0.2, 0) is 5.60 Å². The predicted octanol–water partition coefficient (Wildman–Crippen LogP) is 1.07. The molecule has 1 aromatic rings. The Morgan fingerprint density at radius 1 is 1.27 bits per heavy atom. The fourth-order valence-electron chi connectivity index (χ4n) is 1.86. The third-order valence-electron chi connectivity index (χ3n) is 2.64. The third kappa shape index (κ3) is 1.11. The molecule has 0 saturated heterocycles. The predicted molar refractivity (Wildman–Crippen MR) is 42.1 cm³/mol. The maximum absolute atomic E-state index is 10.7. The van der Waals surface area contributed by atoms with Gasteiger partial charge in [-0.25, -0.2) is 0 Å². The van der Waals surface area contributed by atoms with E-state index >= 15 is 0 Å². The first-order valence-corrected chi connectivity index (χ1v) is 4.21. The first-order valence-electron chi connectivity index (χ1n) is 4.21. The normalized spacial score (nSPS) is 24.1. The van der Waals surface area contributed by atoms with Crippen LogP contribution in [0.15, 0.2) is 10.9 Å². The van der Waals surface area contributed by atoms with Crippen LogP contribution in [0.2, 0.25) is 0 Å². The maximum Gasteiger partial charge on any atom is 0.185 e. The molecule has 1 aliphatic carbocycles. The van der Waals surface area contributed by atoms with E-state index in [2.05, 4.69) is 0 Å². The lowest BCUT2D eigenvalue weighted by Gasteiger charge is -2.28. The van der Waals surface area contributed by atoms with Crippen LogP contribution in [-0.4, -0.2) is 5.11 Å². The van der Waals surface area contributed by atoms with E-state index in [0.717, 1.165) is 25.7 Å². The van der Waals surface area contributed by atoms with Gasteiger partial charge in [0.05, 0.1) is 5.60 Å². The molecule has 1 saturated carbocycles. The molecule has 0 spiro atoms. The van der Waals surface area contributed by atoms with Crippen LogP contribution in [0.4, 0.5) is 0 Å². The molecule has 60 valence electrons. The lowest BCUT2D eigenvalue weighted by molar-refractivity contribution is 0.00211. The van der Waals surface area contributed by atoms with E-state index in [1.807, 2.05) is 0 Å². The Hall–Kier alpha value is -0.630. The zero-order valence-corrected chi connectivity index (χ0v) is 6.47. The van der Waals surface area contributed by atoms with E-state index in [0.29, 0.717) is 5.56 Å². The smallest absolute Gasteiger partial charge is 0.185 e. The van der Waals surface area contributed by atoms with Gasteiger partial charge in [-0.1, -0.05) is 19.3 Å². The topological polar surface area (TPSA) is 37.3 Å². The van der Waals surface area contributed by atoms with Crippen LogP contribution in [0.1, 0.15) is 37.7 Å². The van der Waals surface area contributed by atoms with Crippen LogP contribution >= 0.6 is 0 Å².